The van der Waals surface area contributed by atoms with Crippen LogP contribution in [-0.2, 0) is 14.8 Å². The van der Waals surface area contributed by atoms with Crippen LogP contribution in [0.3, 0.4) is 0 Å². The van der Waals surface area contributed by atoms with Crippen molar-refractivity contribution in [2.45, 2.75) is 30.5 Å². The number of nitrogens with one attached hydrogen (secondary N) is 1. The molecule has 1 atom stereocenters. The highest BCUT2D eigenvalue weighted by atomic mass is 32.2. The molecule has 26 heavy (non-hydrogen) atoms. The lowest BCUT2D eigenvalue weighted by atomic mass is 10.1. The lowest BCUT2D eigenvalue weighted by Crippen LogP contribution is -2.41. The van der Waals surface area contributed by atoms with Crippen LogP contribution in [0.25, 0.3) is 0 Å². The Bertz CT molecular complexity index is 878. The van der Waals surface area contributed by atoms with Crippen molar-refractivity contribution in [2.75, 3.05) is 11.3 Å². The highest BCUT2D eigenvalue weighted by Crippen LogP contribution is 2.21. The van der Waals surface area contributed by atoms with Gasteiger partial charge in [-0.05, 0) is 43.0 Å². The van der Waals surface area contributed by atoms with Gasteiger partial charge in [-0.2, -0.15) is 0 Å². The molecule has 0 radical (unpaired) electrons. The second-order valence-corrected chi connectivity index (χ2v) is 8.56. The number of hydrogen-bond acceptors (Lipinski definition) is 5. The van der Waals surface area contributed by atoms with Gasteiger partial charge in [0.1, 0.15) is 10.8 Å². The van der Waals surface area contributed by atoms with Crippen molar-refractivity contribution in [3.05, 3.63) is 47.3 Å². The number of sulfonamides is 1. The molecule has 0 aliphatic rings. The van der Waals surface area contributed by atoms with Crippen molar-refractivity contribution >= 4 is 38.9 Å². The SMILES string of the molecule is CCC(C)N(CC(=O)O)C(=O)c1cccc(NS(=O)(=O)c2cccs2)c1. The van der Waals surface area contributed by atoms with E-state index >= 15 is 0 Å². The number of nitrogens with zero attached hydrogens (tertiary/aromatic N) is 1. The van der Waals surface area contributed by atoms with Gasteiger partial charge in [0.25, 0.3) is 15.9 Å². The molecule has 1 unspecified atom stereocenters. The first-order chi connectivity index (χ1) is 12.2. The van der Waals surface area contributed by atoms with Crippen LogP contribution in [0.5, 0.6) is 0 Å². The van der Waals surface area contributed by atoms with Crippen molar-refractivity contribution in [2.24, 2.45) is 0 Å². The Balaban J connectivity index is 2.27. The van der Waals surface area contributed by atoms with Gasteiger partial charge in [0.2, 0.25) is 0 Å². The van der Waals surface area contributed by atoms with E-state index in [-0.39, 0.29) is 21.5 Å². The quantitative estimate of drug-likeness (QED) is 0.714. The molecule has 0 bridgehead atoms. The van der Waals surface area contributed by atoms with Gasteiger partial charge in [-0.3, -0.25) is 14.3 Å². The molecular formula is C17H20N2O5S2. The Morgan fingerprint density at radius 1 is 1.27 bits per heavy atom. The van der Waals surface area contributed by atoms with Gasteiger partial charge < -0.3 is 10.0 Å². The van der Waals surface area contributed by atoms with E-state index in [1.54, 1.807) is 24.4 Å². The first kappa shape index (κ1) is 19.9. The summed E-state index contributed by atoms with van der Waals surface area (Å²) in [7, 11) is -3.72. The first-order valence-corrected chi connectivity index (χ1v) is 10.3. The predicted octanol–water partition coefficient (Wildman–Crippen LogP) is 2.87. The van der Waals surface area contributed by atoms with Gasteiger partial charge in [0.05, 0.1) is 0 Å². The minimum atomic E-state index is -3.72. The average molecular weight is 396 g/mol. The van der Waals surface area contributed by atoms with Crippen LogP contribution < -0.4 is 4.72 Å². The largest absolute Gasteiger partial charge is 0.480 e. The Morgan fingerprint density at radius 2 is 2.00 bits per heavy atom. The number of thiophene rings is 1. The van der Waals surface area contributed by atoms with E-state index in [0.29, 0.717) is 6.42 Å². The van der Waals surface area contributed by atoms with E-state index in [2.05, 4.69) is 4.72 Å². The summed E-state index contributed by atoms with van der Waals surface area (Å²) in [6, 6.07) is 8.88. The molecule has 0 spiro atoms. The molecule has 1 heterocycles. The Hall–Kier alpha value is -2.39. The highest BCUT2D eigenvalue weighted by Gasteiger charge is 2.23. The zero-order chi connectivity index (χ0) is 19.3. The fourth-order valence-electron chi connectivity index (χ4n) is 2.30. The molecule has 140 valence electrons. The molecule has 7 nitrogen and oxygen atoms in total. The minimum absolute atomic E-state index is 0.168. The number of anilines is 1. The number of hydrogen-bond donors (Lipinski definition) is 2. The summed E-state index contributed by atoms with van der Waals surface area (Å²) in [4.78, 5) is 25.0. The minimum Gasteiger partial charge on any atom is -0.480 e. The standard InChI is InChI=1S/C17H20N2O5S2/c1-3-12(2)19(11-15(20)21)17(22)13-6-4-7-14(10-13)18-26(23,24)16-8-5-9-25-16/h4-10,12,18H,3,11H2,1-2H3,(H,20,21). The van der Waals surface area contributed by atoms with Gasteiger partial charge in [-0.25, -0.2) is 8.42 Å². The molecule has 2 N–H and O–H groups in total. The second-order valence-electron chi connectivity index (χ2n) is 5.70. The number of carboxylic acid groups (broad SMARTS) is 1. The van der Waals surface area contributed by atoms with E-state index in [9.17, 15) is 18.0 Å². The monoisotopic (exact) mass is 396 g/mol. The molecule has 0 saturated carbocycles. The van der Waals surface area contributed by atoms with Crippen molar-refractivity contribution in [1.82, 2.24) is 4.90 Å². The fraction of sp³-hybridized carbons (Fsp3) is 0.294. The summed E-state index contributed by atoms with van der Waals surface area (Å²) in [6.07, 6.45) is 0.601. The smallest absolute Gasteiger partial charge is 0.323 e. The fourth-order valence-corrected chi connectivity index (χ4v) is 4.34. The van der Waals surface area contributed by atoms with Crippen molar-refractivity contribution in [3.8, 4) is 0 Å². The Morgan fingerprint density at radius 3 is 2.58 bits per heavy atom. The third kappa shape index (κ3) is 4.83. The third-order valence-corrected chi connectivity index (χ3v) is 6.59. The molecule has 0 fully saturated rings. The number of carboxylic acids is 1. The van der Waals surface area contributed by atoms with E-state index in [1.165, 1.54) is 29.2 Å². The maximum absolute atomic E-state index is 12.7. The van der Waals surface area contributed by atoms with Crippen molar-refractivity contribution in [1.29, 1.82) is 0 Å². The topological polar surface area (TPSA) is 104 Å². The molecule has 0 aliphatic heterocycles. The summed E-state index contributed by atoms with van der Waals surface area (Å²) >= 11 is 1.09. The number of amides is 1. The van der Waals surface area contributed by atoms with Crippen LogP contribution in [-0.4, -0.2) is 42.9 Å². The highest BCUT2D eigenvalue weighted by molar-refractivity contribution is 7.94. The van der Waals surface area contributed by atoms with Crippen LogP contribution >= 0.6 is 11.3 Å². The number of aliphatic carboxylic acids is 1. The average Bonchev–Trinajstić information content (AvgIpc) is 3.13. The van der Waals surface area contributed by atoms with E-state index in [0.717, 1.165) is 11.3 Å². The normalized spacial score (nSPS) is 12.4. The van der Waals surface area contributed by atoms with Gasteiger partial charge in [0.15, 0.2) is 0 Å². The molecule has 1 amide bonds. The molecule has 2 rings (SSSR count). The molecule has 1 aromatic carbocycles. The van der Waals surface area contributed by atoms with E-state index in [1.807, 2.05) is 6.92 Å². The summed E-state index contributed by atoms with van der Waals surface area (Å²) in [5.74, 6) is -1.56. The zero-order valence-corrected chi connectivity index (χ0v) is 16.0. The maximum atomic E-state index is 12.7. The second kappa shape index (κ2) is 8.33. The van der Waals surface area contributed by atoms with Crippen LogP contribution in [0.4, 0.5) is 5.69 Å². The summed E-state index contributed by atoms with van der Waals surface area (Å²) in [6.45, 7) is 3.21. The number of carbonyl (C=O) groups excluding carboxylic acids is 1. The summed E-state index contributed by atoms with van der Waals surface area (Å²) < 4.78 is 27.2. The lowest BCUT2D eigenvalue weighted by molar-refractivity contribution is -0.138. The van der Waals surface area contributed by atoms with Crippen LogP contribution in [0.15, 0.2) is 46.0 Å². The first-order valence-electron chi connectivity index (χ1n) is 7.93. The number of rotatable bonds is 8. The van der Waals surface area contributed by atoms with Gasteiger partial charge >= 0.3 is 5.97 Å². The molecule has 2 aromatic rings. The molecule has 9 heteroatoms. The number of carbonyl (C=O) groups is 2. The van der Waals surface area contributed by atoms with E-state index in [4.69, 9.17) is 5.11 Å². The summed E-state index contributed by atoms with van der Waals surface area (Å²) in [5.41, 5.74) is 0.460. The lowest BCUT2D eigenvalue weighted by Gasteiger charge is -2.27. The van der Waals surface area contributed by atoms with Crippen LogP contribution in [0.2, 0.25) is 0 Å². The molecular weight excluding hydrogens is 376 g/mol. The van der Waals surface area contributed by atoms with Crippen molar-refractivity contribution in [3.63, 3.8) is 0 Å². The van der Waals surface area contributed by atoms with Gasteiger partial charge in [-0.15, -0.1) is 11.3 Å². The maximum Gasteiger partial charge on any atom is 0.323 e. The van der Waals surface area contributed by atoms with Crippen molar-refractivity contribution < 1.29 is 23.1 Å². The number of benzene rings is 1. The molecule has 0 aliphatic carbocycles. The molecule has 1 aromatic heterocycles. The molecule has 0 saturated heterocycles. The zero-order valence-electron chi connectivity index (χ0n) is 14.4. The predicted molar refractivity (Wildman–Crippen MR) is 100.0 cm³/mol. The summed E-state index contributed by atoms with van der Waals surface area (Å²) in [5, 5.41) is 10.7. The van der Waals surface area contributed by atoms with E-state index < -0.39 is 28.4 Å². The van der Waals surface area contributed by atoms with Crippen LogP contribution in [0.1, 0.15) is 30.6 Å². The Kier molecular flexibility index (Phi) is 6.38. The Labute approximate surface area is 156 Å². The van der Waals surface area contributed by atoms with Gasteiger partial charge in [0, 0.05) is 17.3 Å². The van der Waals surface area contributed by atoms with Crippen LogP contribution in [0, 0.1) is 0 Å². The van der Waals surface area contributed by atoms with Gasteiger partial charge in [-0.1, -0.05) is 19.1 Å². The third-order valence-electron chi connectivity index (χ3n) is 3.81.